The van der Waals surface area contributed by atoms with Crippen LogP contribution in [0.4, 0.5) is 0 Å². The number of aryl methyl sites for hydroxylation is 1. The van der Waals surface area contributed by atoms with Crippen molar-refractivity contribution in [2.45, 2.75) is 38.1 Å². The van der Waals surface area contributed by atoms with E-state index in [-0.39, 0.29) is 5.91 Å². The molecule has 0 unspecified atom stereocenters. The second kappa shape index (κ2) is 6.04. The molecule has 1 N–H and O–H groups in total. The Bertz CT molecular complexity index is 823. The molecule has 1 saturated carbocycles. The summed E-state index contributed by atoms with van der Waals surface area (Å²) in [5.74, 6) is 1.48. The van der Waals surface area contributed by atoms with Crippen molar-refractivity contribution in [3.8, 4) is 0 Å². The Morgan fingerprint density at radius 3 is 3.04 bits per heavy atom. The van der Waals surface area contributed by atoms with E-state index in [1.807, 2.05) is 22.7 Å². The van der Waals surface area contributed by atoms with Crippen molar-refractivity contribution in [2.75, 3.05) is 0 Å². The maximum Gasteiger partial charge on any atom is 0.234 e. The fourth-order valence-corrected chi connectivity index (χ4v) is 3.21. The van der Waals surface area contributed by atoms with Crippen molar-refractivity contribution in [1.29, 1.82) is 0 Å². The van der Waals surface area contributed by atoms with Gasteiger partial charge in [0.05, 0.1) is 12.2 Å². The molecular formula is C15H16N6OS. The van der Waals surface area contributed by atoms with E-state index >= 15 is 0 Å². The van der Waals surface area contributed by atoms with Gasteiger partial charge in [0.2, 0.25) is 10.9 Å². The number of fused-ring (bicyclic) bond motifs is 1. The quantitative estimate of drug-likeness (QED) is 0.744. The Labute approximate surface area is 136 Å². The van der Waals surface area contributed by atoms with Crippen LogP contribution in [0.1, 0.15) is 41.7 Å². The lowest BCUT2D eigenvalue weighted by molar-refractivity contribution is -0.121. The van der Waals surface area contributed by atoms with Gasteiger partial charge in [0, 0.05) is 25.0 Å². The van der Waals surface area contributed by atoms with E-state index in [4.69, 9.17) is 0 Å². The van der Waals surface area contributed by atoms with E-state index in [0.717, 1.165) is 21.5 Å². The number of nitrogens with one attached hydrogen (secondary N) is 1. The van der Waals surface area contributed by atoms with Crippen LogP contribution in [0.2, 0.25) is 0 Å². The number of amides is 1. The van der Waals surface area contributed by atoms with Gasteiger partial charge in [-0.05, 0) is 25.0 Å². The van der Waals surface area contributed by atoms with Crippen LogP contribution in [0.25, 0.3) is 4.96 Å². The number of rotatable bonds is 6. The van der Waals surface area contributed by atoms with Gasteiger partial charge in [-0.2, -0.15) is 9.61 Å². The first-order chi connectivity index (χ1) is 11.3. The molecule has 0 aromatic carbocycles. The molecule has 0 spiro atoms. The van der Waals surface area contributed by atoms with Gasteiger partial charge in [0.25, 0.3) is 0 Å². The molecule has 0 atom stereocenters. The number of nitrogens with zero attached hydrogens (tertiary/aromatic N) is 5. The third kappa shape index (κ3) is 3.21. The zero-order valence-corrected chi connectivity index (χ0v) is 13.3. The Kier molecular flexibility index (Phi) is 3.74. The molecule has 23 heavy (non-hydrogen) atoms. The van der Waals surface area contributed by atoms with Crippen molar-refractivity contribution in [3.63, 3.8) is 0 Å². The zero-order chi connectivity index (χ0) is 15.6. The summed E-state index contributed by atoms with van der Waals surface area (Å²) in [5.41, 5.74) is 0.855. The minimum absolute atomic E-state index is 0.00374. The normalized spacial score (nSPS) is 14.3. The second-order valence-corrected chi connectivity index (χ2v) is 6.66. The highest BCUT2D eigenvalue weighted by molar-refractivity contribution is 7.16. The third-order valence-electron chi connectivity index (χ3n) is 3.76. The highest BCUT2D eigenvalue weighted by Crippen LogP contribution is 2.39. The van der Waals surface area contributed by atoms with Gasteiger partial charge in [-0.15, -0.1) is 10.2 Å². The highest BCUT2D eigenvalue weighted by Gasteiger charge is 2.30. The van der Waals surface area contributed by atoms with Crippen molar-refractivity contribution in [1.82, 2.24) is 30.1 Å². The predicted molar refractivity (Wildman–Crippen MR) is 85.0 cm³/mol. The maximum absolute atomic E-state index is 11.9. The fraction of sp³-hybridized carbons (Fsp3) is 0.400. The molecule has 0 aliphatic heterocycles. The van der Waals surface area contributed by atoms with Gasteiger partial charge in [-0.1, -0.05) is 17.4 Å². The molecule has 3 aromatic rings. The SMILES string of the molecule is O=C(CCc1nn2c(C3CC3)nnc2s1)NCc1ccccn1. The van der Waals surface area contributed by atoms with Gasteiger partial charge in [0.15, 0.2) is 5.82 Å². The Hall–Kier alpha value is -2.35. The van der Waals surface area contributed by atoms with Crippen LogP contribution in [-0.2, 0) is 17.8 Å². The minimum Gasteiger partial charge on any atom is -0.350 e. The molecule has 3 heterocycles. The molecule has 0 bridgehead atoms. The van der Waals surface area contributed by atoms with Gasteiger partial charge in [-0.25, -0.2) is 0 Å². The van der Waals surface area contributed by atoms with Crippen LogP contribution in [0, 0.1) is 0 Å². The molecule has 8 heteroatoms. The first-order valence-corrected chi connectivity index (χ1v) is 8.49. The number of carbonyl (C=O) groups is 1. The summed E-state index contributed by atoms with van der Waals surface area (Å²) in [6, 6.07) is 5.66. The molecule has 4 rings (SSSR count). The van der Waals surface area contributed by atoms with Crippen molar-refractivity contribution in [3.05, 3.63) is 40.9 Å². The molecule has 1 aliphatic rings. The monoisotopic (exact) mass is 328 g/mol. The molecule has 3 aromatic heterocycles. The Morgan fingerprint density at radius 1 is 1.35 bits per heavy atom. The van der Waals surface area contributed by atoms with Crippen molar-refractivity contribution >= 4 is 22.2 Å². The summed E-state index contributed by atoms with van der Waals surface area (Å²) >= 11 is 1.51. The van der Waals surface area contributed by atoms with Gasteiger partial charge >= 0.3 is 0 Å². The summed E-state index contributed by atoms with van der Waals surface area (Å²) in [4.78, 5) is 16.9. The molecule has 0 radical (unpaired) electrons. The number of carbonyl (C=O) groups excluding carboxylic acids is 1. The van der Waals surface area contributed by atoms with Crippen LogP contribution < -0.4 is 5.32 Å². The number of hydrogen-bond donors (Lipinski definition) is 1. The summed E-state index contributed by atoms with van der Waals surface area (Å²) < 4.78 is 1.84. The summed E-state index contributed by atoms with van der Waals surface area (Å²) in [5, 5.41) is 16.7. The van der Waals surface area contributed by atoms with Crippen LogP contribution in [-0.4, -0.2) is 30.7 Å². The van der Waals surface area contributed by atoms with E-state index in [0.29, 0.717) is 25.3 Å². The lowest BCUT2D eigenvalue weighted by Crippen LogP contribution is -2.23. The Balaban J connectivity index is 1.32. The number of hydrogen-bond acceptors (Lipinski definition) is 6. The molecule has 0 saturated heterocycles. The van der Waals surface area contributed by atoms with Gasteiger partial charge < -0.3 is 5.32 Å². The first kappa shape index (κ1) is 14.3. The standard InChI is InChI=1S/C15H16N6OS/c22-12(17-9-11-3-1-2-8-16-11)6-7-13-20-21-14(10-4-5-10)18-19-15(21)23-13/h1-3,8,10H,4-7,9H2,(H,17,22). The van der Waals surface area contributed by atoms with E-state index in [1.165, 1.54) is 24.2 Å². The lowest BCUT2D eigenvalue weighted by atomic mass is 10.3. The summed E-state index contributed by atoms with van der Waals surface area (Å²) in [6.45, 7) is 0.455. The van der Waals surface area contributed by atoms with Crippen molar-refractivity contribution in [2.24, 2.45) is 0 Å². The lowest BCUT2D eigenvalue weighted by Gasteiger charge is -2.03. The van der Waals surface area contributed by atoms with Gasteiger partial charge in [-0.3, -0.25) is 9.78 Å². The fourth-order valence-electron chi connectivity index (χ4n) is 2.37. The molecule has 118 valence electrons. The van der Waals surface area contributed by atoms with Crippen LogP contribution >= 0.6 is 11.3 Å². The molecular weight excluding hydrogens is 312 g/mol. The van der Waals surface area contributed by atoms with Crippen LogP contribution in [0.5, 0.6) is 0 Å². The predicted octanol–water partition coefficient (Wildman–Crippen LogP) is 1.71. The average Bonchev–Trinajstić information content (AvgIpc) is 3.21. The zero-order valence-electron chi connectivity index (χ0n) is 12.5. The van der Waals surface area contributed by atoms with E-state index in [2.05, 4.69) is 25.6 Å². The summed E-state index contributed by atoms with van der Waals surface area (Å²) in [6.07, 6.45) is 5.09. The number of aromatic nitrogens is 5. The topological polar surface area (TPSA) is 85.1 Å². The van der Waals surface area contributed by atoms with Crippen LogP contribution in [0.15, 0.2) is 24.4 Å². The van der Waals surface area contributed by atoms with Crippen molar-refractivity contribution < 1.29 is 4.79 Å². The van der Waals surface area contributed by atoms with Crippen LogP contribution in [0.3, 0.4) is 0 Å². The van der Waals surface area contributed by atoms with E-state index < -0.39 is 0 Å². The average molecular weight is 328 g/mol. The third-order valence-corrected chi connectivity index (χ3v) is 4.72. The highest BCUT2D eigenvalue weighted by atomic mass is 32.1. The maximum atomic E-state index is 11.9. The molecule has 7 nitrogen and oxygen atoms in total. The van der Waals surface area contributed by atoms with Gasteiger partial charge in [0.1, 0.15) is 5.01 Å². The second-order valence-electron chi connectivity index (χ2n) is 5.62. The largest absolute Gasteiger partial charge is 0.350 e. The Morgan fingerprint density at radius 2 is 2.26 bits per heavy atom. The molecule has 1 aliphatic carbocycles. The number of pyridine rings is 1. The molecule has 1 fully saturated rings. The van der Waals surface area contributed by atoms with E-state index in [9.17, 15) is 4.79 Å². The molecule has 1 amide bonds. The minimum atomic E-state index is 0.00374. The smallest absolute Gasteiger partial charge is 0.234 e. The first-order valence-electron chi connectivity index (χ1n) is 7.67. The van der Waals surface area contributed by atoms with E-state index in [1.54, 1.807) is 6.20 Å². The summed E-state index contributed by atoms with van der Waals surface area (Å²) in [7, 11) is 0.